The Balaban J connectivity index is 1.02. The topological polar surface area (TPSA) is 146 Å². The zero-order valence-corrected chi connectivity index (χ0v) is 49.7. The summed E-state index contributed by atoms with van der Waals surface area (Å²) in [6.45, 7) is 18.5. The maximum atomic E-state index is 14.2. The molecule has 0 amide bonds. The van der Waals surface area contributed by atoms with Crippen LogP contribution in [0.15, 0.2) is 152 Å². The molecule has 4 aliphatic heterocycles. The number of hydrogen-bond acceptors (Lipinski definition) is 15. The minimum Gasteiger partial charge on any atom is -0.450 e. The number of hydrogen-bond donors (Lipinski definition) is 0. The molecular weight excluding hydrogens is 1050 g/mol. The van der Waals surface area contributed by atoms with E-state index in [0.29, 0.717) is 18.8 Å². The Morgan fingerprint density at radius 1 is 0.463 bits per heavy atom. The lowest BCUT2D eigenvalue weighted by atomic mass is 10.1. The Labute approximate surface area is 475 Å². The third kappa shape index (κ3) is 14.3. The molecule has 0 spiro atoms. The number of methoxy groups -OCH3 is 1. The monoisotopic (exact) mass is 1130 g/mol. The molecule has 9 rings (SSSR count). The third-order valence-corrected chi connectivity index (χ3v) is 25.9. The van der Waals surface area contributed by atoms with Gasteiger partial charge in [0.1, 0.15) is 48.8 Å². The van der Waals surface area contributed by atoms with Crippen molar-refractivity contribution in [2.45, 2.75) is 178 Å². The Hall–Kier alpha value is -4.52. The maximum Gasteiger partial charge on any atom is 0.338 e. The summed E-state index contributed by atoms with van der Waals surface area (Å²) in [6, 6.07) is 48.7. The van der Waals surface area contributed by atoms with Crippen molar-refractivity contribution in [2.75, 3.05) is 26.9 Å². The van der Waals surface area contributed by atoms with Gasteiger partial charge in [-0.05, 0) is 56.6 Å². The first-order valence-electron chi connectivity index (χ1n) is 28.4. The van der Waals surface area contributed by atoms with Crippen LogP contribution in [0.25, 0.3) is 0 Å². The smallest absolute Gasteiger partial charge is 0.338 e. The lowest BCUT2D eigenvalue weighted by Gasteiger charge is -2.51. The molecule has 0 N–H and O–H groups in total. The standard InChI is InChI=1S/C63H82O15Si2/c1-42(2)79(43(3)4)72-41-53-56(77-80(78-79,44(5)6)45(7)8)59(76-60(64)50-33-23-14-24-34-50)63(75-53)71-40-52-55(67-36-47-27-17-11-18-28-47)58(69-38-49-31-21-13-22-32-49)62(74-52)70-39-51-54(66-35-46-25-15-10-16-26-46)57(61(65-9)73-51)68-37-48-29-19-12-20-30-48/h10-34,42-45,51-59,61-63H,35-41H2,1-9H3/t51-,52-,53-,54-,55-,56-,57+,58+,59+,61+,62+,63+/m1/s1. The number of carbonyl (C=O) groups excluding carboxylic acids is 1. The minimum absolute atomic E-state index is 0.00672. The number of rotatable bonds is 25. The van der Waals surface area contributed by atoms with Crippen molar-refractivity contribution < 1.29 is 69.9 Å². The lowest BCUT2D eigenvalue weighted by Crippen LogP contribution is -2.66. The van der Waals surface area contributed by atoms with E-state index in [9.17, 15) is 4.79 Å². The Bertz CT molecular complexity index is 2600. The number of benzene rings is 5. The minimum atomic E-state index is -3.21. The van der Waals surface area contributed by atoms with Gasteiger partial charge in [-0.3, -0.25) is 0 Å². The first kappa shape index (κ1) is 60.1. The molecule has 0 aliphatic carbocycles. The molecule has 4 fully saturated rings. The second kappa shape index (κ2) is 28.2. The second-order valence-electron chi connectivity index (χ2n) is 22.4. The van der Waals surface area contributed by atoms with E-state index in [2.05, 4.69) is 55.4 Å². The molecule has 0 aromatic heterocycles. The molecule has 5 aromatic carbocycles. The van der Waals surface area contributed by atoms with Gasteiger partial charge in [-0.25, -0.2) is 4.79 Å². The van der Waals surface area contributed by atoms with Gasteiger partial charge in [0, 0.05) is 7.11 Å². The van der Waals surface area contributed by atoms with Crippen LogP contribution in [-0.4, -0.2) is 124 Å². The van der Waals surface area contributed by atoms with Crippen molar-refractivity contribution in [3.63, 3.8) is 0 Å². The fourth-order valence-electron chi connectivity index (χ4n) is 11.3. The Morgan fingerprint density at radius 2 is 0.838 bits per heavy atom. The van der Waals surface area contributed by atoms with Gasteiger partial charge in [0.15, 0.2) is 25.0 Å². The van der Waals surface area contributed by atoms with E-state index in [1.165, 1.54) is 0 Å². The van der Waals surface area contributed by atoms with Crippen LogP contribution in [-0.2, 0) is 91.5 Å². The zero-order valence-electron chi connectivity index (χ0n) is 47.7. The van der Waals surface area contributed by atoms with Crippen molar-refractivity contribution in [1.29, 1.82) is 0 Å². The van der Waals surface area contributed by atoms with Crippen molar-refractivity contribution in [3.05, 3.63) is 179 Å². The fraction of sp³-hybridized carbons (Fsp3) is 0.508. The van der Waals surface area contributed by atoms with Crippen LogP contribution in [0.3, 0.4) is 0 Å². The van der Waals surface area contributed by atoms with Gasteiger partial charge in [-0.1, -0.05) is 195 Å². The summed E-state index contributed by atoms with van der Waals surface area (Å²) in [5.41, 5.74) is 4.51. The van der Waals surface area contributed by atoms with E-state index in [1.54, 1.807) is 31.4 Å². The van der Waals surface area contributed by atoms with Crippen molar-refractivity contribution in [2.24, 2.45) is 0 Å². The molecule has 0 bridgehead atoms. The highest BCUT2D eigenvalue weighted by Crippen LogP contribution is 2.48. The predicted octanol–water partition coefficient (Wildman–Crippen LogP) is 11.4. The van der Waals surface area contributed by atoms with E-state index >= 15 is 0 Å². The van der Waals surface area contributed by atoms with Crippen molar-refractivity contribution >= 4 is 23.1 Å². The summed E-state index contributed by atoms with van der Waals surface area (Å²) in [7, 11) is -4.57. The van der Waals surface area contributed by atoms with Crippen LogP contribution < -0.4 is 0 Å². The van der Waals surface area contributed by atoms with Crippen molar-refractivity contribution in [1.82, 2.24) is 0 Å². The van der Waals surface area contributed by atoms with E-state index in [-0.39, 0.29) is 55.2 Å². The molecule has 4 heterocycles. The lowest BCUT2D eigenvalue weighted by molar-refractivity contribution is -0.222. The first-order chi connectivity index (χ1) is 38.8. The van der Waals surface area contributed by atoms with Crippen LogP contribution in [0, 0.1) is 0 Å². The maximum absolute atomic E-state index is 14.2. The van der Waals surface area contributed by atoms with Crippen LogP contribution >= 0.6 is 0 Å². The molecule has 5 aromatic rings. The molecule has 12 atom stereocenters. The summed E-state index contributed by atoms with van der Waals surface area (Å²) in [6.07, 6.45) is -9.55. The Kier molecular flexibility index (Phi) is 21.2. The summed E-state index contributed by atoms with van der Waals surface area (Å²) >= 11 is 0. The first-order valence-corrected chi connectivity index (χ1v) is 32.3. The summed E-state index contributed by atoms with van der Waals surface area (Å²) in [5.74, 6) is -0.539. The number of fused-ring (bicyclic) bond motifs is 1. The van der Waals surface area contributed by atoms with Gasteiger partial charge in [-0.15, -0.1) is 0 Å². The number of ether oxygens (including phenoxy) is 11. The molecule has 0 saturated carbocycles. The second-order valence-corrected chi connectivity index (χ2v) is 31.2. The Morgan fingerprint density at radius 3 is 1.25 bits per heavy atom. The third-order valence-electron chi connectivity index (χ3n) is 15.6. The molecule has 4 aliphatic rings. The van der Waals surface area contributed by atoms with E-state index in [0.717, 1.165) is 22.3 Å². The van der Waals surface area contributed by atoms with Crippen LogP contribution in [0.4, 0.5) is 0 Å². The van der Waals surface area contributed by atoms with Gasteiger partial charge in [0.25, 0.3) is 0 Å². The van der Waals surface area contributed by atoms with Crippen LogP contribution in [0.2, 0.25) is 22.2 Å². The van der Waals surface area contributed by atoms with Gasteiger partial charge in [0.2, 0.25) is 0 Å². The molecule has 17 heteroatoms. The normalized spacial score (nSPS) is 28.3. The summed E-state index contributed by atoms with van der Waals surface area (Å²) < 4.78 is 95.9. The SMILES string of the molecule is CO[C@H]1O[C@H](CO[C@H]2O[C@H](CO[C@H]3O[C@@H]4CO[Si](C(C)C)(C(C)C)O[Si](C(C)C)(C(C)C)O[C@H]4[C@@H]3OC(=O)c3ccccc3)[C@@H](OCc3ccccc3)[C@@H]2OCc2ccccc2)[C@@H](OCc2ccccc2)[C@@H]1OCc1ccccc1. The molecule has 80 heavy (non-hydrogen) atoms. The average molecular weight is 1140 g/mol. The molecule has 4 saturated heterocycles. The average Bonchev–Trinajstić information content (AvgIpc) is 4.17. The van der Waals surface area contributed by atoms with Gasteiger partial charge >= 0.3 is 23.1 Å². The van der Waals surface area contributed by atoms with Crippen molar-refractivity contribution in [3.8, 4) is 0 Å². The molecule has 0 unspecified atom stereocenters. The van der Waals surface area contributed by atoms with E-state index < -0.39 is 96.9 Å². The van der Waals surface area contributed by atoms with E-state index in [4.69, 9.17) is 65.1 Å². The number of carbonyl (C=O) groups is 1. The molecule has 0 radical (unpaired) electrons. The van der Waals surface area contributed by atoms with E-state index in [1.807, 2.05) is 127 Å². The summed E-state index contributed by atoms with van der Waals surface area (Å²) in [5, 5.41) is 0. The van der Waals surface area contributed by atoms with Gasteiger partial charge in [-0.2, -0.15) is 0 Å². The molecule has 432 valence electrons. The highest BCUT2D eigenvalue weighted by molar-refractivity contribution is 6.84. The zero-order chi connectivity index (χ0) is 56.2. The predicted molar refractivity (Wildman–Crippen MR) is 304 cm³/mol. The largest absolute Gasteiger partial charge is 0.450 e. The quantitative estimate of drug-likeness (QED) is 0.0403. The van der Waals surface area contributed by atoms with Gasteiger partial charge < -0.3 is 65.1 Å². The highest BCUT2D eigenvalue weighted by Gasteiger charge is 2.63. The van der Waals surface area contributed by atoms with Crippen LogP contribution in [0.1, 0.15) is 88.0 Å². The number of esters is 1. The molecular formula is C63H82O15Si2. The highest BCUT2D eigenvalue weighted by atomic mass is 28.5. The van der Waals surface area contributed by atoms with Crippen LogP contribution in [0.5, 0.6) is 0 Å². The fourth-order valence-corrected chi connectivity index (χ4v) is 22.5. The summed E-state index contributed by atoms with van der Waals surface area (Å²) in [4.78, 5) is 14.2. The van der Waals surface area contributed by atoms with Gasteiger partial charge in [0.05, 0.1) is 51.8 Å². The molecule has 15 nitrogen and oxygen atoms in total.